The highest BCUT2D eigenvalue weighted by atomic mass is 32.2. The topological polar surface area (TPSA) is 62.6 Å². The van der Waals surface area contributed by atoms with Crippen molar-refractivity contribution in [2.45, 2.75) is 32.7 Å². The Balaban J connectivity index is 1.61. The second-order valence-electron chi connectivity index (χ2n) is 7.46. The first-order chi connectivity index (χ1) is 13.5. The van der Waals surface area contributed by atoms with E-state index >= 15 is 0 Å². The van der Waals surface area contributed by atoms with Gasteiger partial charge in [0.05, 0.1) is 4.91 Å². The SMILES string of the molecule is CC(C)n1cc(/C=C2\SC(=O)N(CC(=O)N3CCCC3)C2=O)c2ccccc21. The van der Waals surface area contributed by atoms with Crippen molar-refractivity contribution in [1.29, 1.82) is 0 Å². The van der Waals surface area contributed by atoms with Gasteiger partial charge in [-0.05, 0) is 50.6 Å². The molecule has 3 amide bonds. The van der Waals surface area contributed by atoms with E-state index < -0.39 is 0 Å². The molecule has 28 heavy (non-hydrogen) atoms. The number of amides is 3. The zero-order valence-electron chi connectivity index (χ0n) is 16.1. The summed E-state index contributed by atoms with van der Waals surface area (Å²) in [7, 11) is 0. The molecule has 2 aliphatic heterocycles. The molecular formula is C21H23N3O3S. The van der Waals surface area contributed by atoms with E-state index in [-0.39, 0.29) is 29.6 Å². The lowest BCUT2D eigenvalue weighted by Gasteiger charge is -2.18. The van der Waals surface area contributed by atoms with Gasteiger partial charge in [-0.1, -0.05) is 18.2 Å². The molecule has 0 spiro atoms. The molecular weight excluding hydrogens is 374 g/mol. The molecule has 2 fully saturated rings. The van der Waals surface area contributed by atoms with E-state index in [0.717, 1.165) is 46.0 Å². The van der Waals surface area contributed by atoms with Crippen LogP contribution in [0.3, 0.4) is 0 Å². The summed E-state index contributed by atoms with van der Waals surface area (Å²) in [5, 5.41) is 0.660. The number of aromatic nitrogens is 1. The molecule has 0 bridgehead atoms. The minimum Gasteiger partial charge on any atom is -0.344 e. The van der Waals surface area contributed by atoms with Crippen LogP contribution in [0.2, 0.25) is 0 Å². The molecule has 0 radical (unpaired) electrons. The summed E-state index contributed by atoms with van der Waals surface area (Å²) < 4.78 is 2.16. The Kier molecular flexibility index (Phi) is 5.02. The van der Waals surface area contributed by atoms with Crippen molar-refractivity contribution < 1.29 is 14.4 Å². The van der Waals surface area contributed by atoms with Gasteiger partial charge < -0.3 is 9.47 Å². The third-order valence-corrected chi connectivity index (χ3v) is 6.15. The Labute approximate surface area is 168 Å². The number of para-hydroxylation sites is 1. The number of thioether (sulfide) groups is 1. The highest BCUT2D eigenvalue weighted by Crippen LogP contribution is 2.34. The minimum absolute atomic E-state index is 0.155. The smallest absolute Gasteiger partial charge is 0.294 e. The summed E-state index contributed by atoms with van der Waals surface area (Å²) in [4.78, 5) is 40.7. The summed E-state index contributed by atoms with van der Waals surface area (Å²) in [5.74, 6) is -0.540. The first kappa shape index (κ1) is 18.8. The van der Waals surface area contributed by atoms with Crippen LogP contribution in [0.5, 0.6) is 0 Å². The maximum atomic E-state index is 12.8. The van der Waals surface area contributed by atoms with E-state index in [1.54, 1.807) is 11.0 Å². The number of rotatable bonds is 4. The molecule has 1 aromatic carbocycles. The van der Waals surface area contributed by atoms with Crippen molar-refractivity contribution in [1.82, 2.24) is 14.4 Å². The highest BCUT2D eigenvalue weighted by Gasteiger charge is 2.37. The Hall–Kier alpha value is -2.54. The lowest BCUT2D eigenvalue weighted by molar-refractivity contribution is -0.135. The van der Waals surface area contributed by atoms with Gasteiger partial charge in [-0.25, -0.2) is 0 Å². The highest BCUT2D eigenvalue weighted by molar-refractivity contribution is 8.18. The molecule has 3 heterocycles. The number of imide groups is 1. The van der Waals surface area contributed by atoms with Gasteiger partial charge >= 0.3 is 0 Å². The summed E-state index contributed by atoms with van der Waals surface area (Å²) in [6, 6.07) is 8.29. The van der Waals surface area contributed by atoms with Gasteiger partial charge in [0.2, 0.25) is 5.91 Å². The first-order valence-electron chi connectivity index (χ1n) is 9.58. The fourth-order valence-electron chi connectivity index (χ4n) is 3.75. The number of carbonyl (C=O) groups is 3. The fourth-order valence-corrected chi connectivity index (χ4v) is 4.58. The van der Waals surface area contributed by atoms with Crippen LogP contribution in [0.1, 0.15) is 38.3 Å². The predicted octanol–water partition coefficient (Wildman–Crippen LogP) is 3.88. The molecule has 0 unspecified atom stereocenters. The van der Waals surface area contributed by atoms with Crippen LogP contribution in [-0.2, 0) is 9.59 Å². The summed E-state index contributed by atoms with van der Waals surface area (Å²) >= 11 is 0.906. The summed E-state index contributed by atoms with van der Waals surface area (Å²) in [5.41, 5.74) is 1.99. The van der Waals surface area contributed by atoms with Gasteiger partial charge in [-0.2, -0.15) is 0 Å². The van der Waals surface area contributed by atoms with Crippen molar-refractivity contribution in [3.05, 3.63) is 40.9 Å². The molecule has 2 saturated heterocycles. The van der Waals surface area contributed by atoms with Crippen LogP contribution < -0.4 is 0 Å². The second-order valence-corrected chi connectivity index (χ2v) is 8.45. The molecule has 0 aliphatic carbocycles. The standard InChI is InChI=1S/C21H23N3O3S/c1-14(2)23-12-15(16-7-3-4-8-17(16)23)11-18-20(26)24(21(27)28-18)13-19(25)22-9-5-6-10-22/h3-4,7-8,11-12,14H,5-6,9-10,13H2,1-2H3/b18-11-. The average Bonchev–Trinajstić information content (AvgIpc) is 3.38. The molecule has 0 saturated carbocycles. The minimum atomic E-state index is -0.385. The molecule has 2 aliphatic rings. The number of hydrogen-bond donors (Lipinski definition) is 0. The van der Waals surface area contributed by atoms with Crippen molar-refractivity contribution in [2.75, 3.05) is 19.6 Å². The normalized spacial score (nSPS) is 19.0. The lowest BCUT2D eigenvalue weighted by Crippen LogP contribution is -2.40. The van der Waals surface area contributed by atoms with Gasteiger partial charge in [-0.15, -0.1) is 0 Å². The monoisotopic (exact) mass is 397 g/mol. The maximum Gasteiger partial charge on any atom is 0.294 e. The third-order valence-electron chi connectivity index (χ3n) is 5.24. The molecule has 146 valence electrons. The molecule has 6 nitrogen and oxygen atoms in total. The molecule has 4 rings (SSSR count). The Morgan fingerprint density at radius 1 is 1.18 bits per heavy atom. The van der Waals surface area contributed by atoms with Crippen LogP contribution in [-0.4, -0.2) is 51.1 Å². The number of hydrogen-bond acceptors (Lipinski definition) is 4. The summed E-state index contributed by atoms with van der Waals surface area (Å²) in [6.07, 6.45) is 5.74. The number of nitrogens with zero attached hydrogens (tertiary/aromatic N) is 3. The van der Waals surface area contributed by atoms with Crippen LogP contribution >= 0.6 is 11.8 Å². The molecule has 2 aromatic rings. The zero-order chi connectivity index (χ0) is 19.8. The number of carbonyl (C=O) groups excluding carboxylic acids is 3. The van der Waals surface area contributed by atoms with E-state index in [2.05, 4.69) is 18.4 Å². The van der Waals surface area contributed by atoms with E-state index in [9.17, 15) is 14.4 Å². The van der Waals surface area contributed by atoms with Crippen LogP contribution in [0.15, 0.2) is 35.4 Å². The average molecular weight is 398 g/mol. The molecule has 7 heteroatoms. The molecule has 1 aromatic heterocycles. The first-order valence-corrected chi connectivity index (χ1v) is 10.4. The van der Waals surface area contributed by atoms with Gasteiger partial charge in [0.25, 0.3) is 11.1 Å². The lowest BCUT2D eigenvalue weighted by atomic mass is 10.1. The number of benzene rings is 1. The van der Waals surface area contributed by atoms with Crippen LogP contribution in [0.4, 0.5) is 4.79 Å². The van der Waals surface area contributed by atoms with Gasteiger partial charge in [0.1, 0.15) is 6.54 Å². The van der Waals surface area contributed by atoms with Crippen LogP contribution in [0, 0.1) is 0 Å². The zero-order valence-corrected chi connectivity index (χ0v) is 16.9. The molecule has 0 N–H and O–H groups in total. The van der Waals surface area contributed by atoms with E-state index in [4.69, 9.17) is 0 Å². The van der Waals surface area contributed by atoms with Crippen molar-refractivity contribution in [2.24, 2.45) is 0 Å². The van der Waals surface area contributed by atoms with Gasteiger partial charge in [0, 0.05) is 41.8 Å². The second kappa shape index (κ2) is 7.47. The van der Waals surface area contributed by atoms with Crippen molar-refractivity contribution >= 4 is 45.8 Å². The Morgan fingerprint density at radius 2 is 1.89 bits per heavy atom. The van der Waals surface area contributed by atoms with Crippen LogP contribution in [0.25, 0.3) is 17.0 Å². The Bertz CT molecular complexity index is 986. The van der Waals surface area contributed by atoms with Gasteiger partial charge in [-0.3, -0.25) is 19.3 Å². The van der Waals surface area contributed by atoms with E-state index in [1.807, 2.05) is 30.5 Å². The predicted molar refractivity (Wildman–Crippen MR) is 111 cm³/mol. The largest absolute Gasteiger partial charge is 0.344 e. The van der Waals surface area contributed by atoms with Crippen molar-refractivity contribution in [3.63, 3.8) is 0 Å². The fraction of sp³-hybridized carbons (Fsp3) is 0.381. The van der Waals surface area contributed by atoms with E-state index in [0.29, 0.717) is 18.0 Å². The molecule has 0 atom stereocenters. The quantitative estimate of drug-likeness (QED) is 0.735. The third kappa shape index (κ3) is 3.35. The van der Waals surface area contributed by atoms with Gasteiger partial charge in [0.15, 0.2) is 0 Å². The number of fused-ring (bicyclic) bond motifs is 1. The van der Waals surface area contributed by atoms with Crippen molar-refractivity contribution in [3.8, 4) is 0 Å². The Morgan fingerprint density at radius 3 is 2.61 bits per heavy atom. The number of likely N-dealkylation sites (tertiary alicyclic amines) is 1. The summed E-state index contributed by atoms with van der Waals surface area (Å²) in [6.45, 7) is 5.46. The van der Waals surface area contributed by atoms with E-state index in [1.165, 1.54) is 0 Å². The maximum absolute atomic E-state index is 12.8.